The summed E-state index contributed by atoms with van der Waals surface area (Å²) in [5.74, 6) is 1.70. The predicted octanol–water partition coefficient (Wildman–Crippen LogP) is 3.76. The second-order valence-electron chi connectivity index (χ2n) is 7.38. The van der Waals surface area contributed by atoms with Gasteiger partial charge in [-0.15, -0.1) is 0 Å². The predicted molar refractivity (Wildman–Crippen MR) is 103 cm³/mol. The summed E-state index contributed by atoms with van der Waals surface area (Å²) in [6.07, 6.45) is 0. The summed E-state index contributed by atoms with van der Waals surface area (Å²) in [4.78, 5) is 17.0. The van der Waals surface area contributed by atoms with Gasteiger partial charge in [0.1, 0.15) is 11.6 Å². The van der Waals surface area contributed by atoms with Gasteiger partial charge < -0.3 is 14.6 Å². The van der Waals surface area contributed by atoms with Gasteiger partial charge in [-0.1, -0.05) is 45.0 Å². The number of aromatic nitrogens is 2. The maximum atomic E-state index is 12.2. The summed E-state index contributed by atoms with van der Waals surface area (Å²) in [5.41, 5.74) is 2.72. The van der Waals surface area contributed by atoms with E-state index < -0.39 is 5.41 Å². The minimum absolute atomic E-state index is 0.0144. The van der Waals surface area contributed by atoms with Crippen LogP contribution in [0.3, 0.4) is 0 Å². The van der Waals surface area contributed by atoms with Gasteiger partial charge in [0.15, 0.2) is 0 Å². The molecule has 0 atom stereocenters. The Balaban J connectivity index is 1.90. The molecular formula is C21H25N3O2. The quantitative estimate of drug-likeness (QED) is 0.761. The highest BCUT2D eigenvalue weighted by Gasteiger charge is 2.21. The maximum Gasteiger partial charge on any atom is 0.225 e. The van der Waals surface area contributed by atoms with Crippen molar-refractivity contribution in [3.8, 4) is 5.75 Å². The van der Waals surface area contributed by atoms with Crippen LogP contribution in [0.5, 0.6) is 5.75 Å². The van der Waals surface area contributed by atoms with Crippen molar-refractivity contribution in [2.24, 2.45) is 5.41 Å². The monoisotopic (exact) mass is 351 g/mol. The Morgan fingerprint density at radius 1 is 1.12 bits per heavy atom. The van der Waals surface area contributed by atoms with E-state index in [9.17, 15) is 4.79 Å². The third-order valence-electron chi connectivity index (χ3n) is 4.32. The molecule has 0 spiro atoms. The SMILES string of the molecule is COc1ccc(Cn2c(CNC(=O)C(C)(C)C)nc3ccccc32)cc1. The molecule has 0 radical (unpaired) electrons. The van der Waals surface area contributed by atoms with Crippen LogP contribution in [-0.4, -0.2) is 22.6 Å². The number of hydrogen-bond donors (Lipinski definition) is 1. The first-order valence-corrected chi connectivity index (χ1v) is 8.74. The van der Waals surface area contributed by atoms with E-state index in [-0.39, 0.29) is 5.91 Å². The van der Waals surface area contributed by atoms with Crippen LogP contribution >= 0.6 is 0 Å². The Bertz CT molecular complexity index is 905. The fourth-order valence-electron chi connectivity index (χ4n) is 2.77. The van der Waals surface area contributed by atoms with E-state index in [1.165, 1.54) is 0 Å². The normalized spacial score (nSPS) is 11.5. The summed E-state index contributed by atoms with van der Waals surface area (Å²) < 4.78 is 7.38. The maximum absolute atomic E-state index is 12.2. The van der Waals surface area contributed by atoms with Crippen molar-refractivity contribution in [2.75, 3.05) is 7.11 Å². The molecule has 5 heteroatoms. The van der Waals surface area contributed by atoms with Crippen LogP contribution in [0.4, 0.5) is 0 Å². The number of ether oxygens (including phenoxy) is 1. The molecule has 0 bridgehead atoms. The van der Waals surface area contributed by atoms with E-state index in [2.05, 4.69) is 16.0 Å². The minimum Gasteiger partial charge on any atom is -0.497 e. The Morgan fingerprint density at radius 2 is 1.81 bits per heavy atom. The number of carbonyl (C=O) groups excluding carboxylic acids is 1. The van der Waals surface area contributed by atoms with Crippen molar-refractivity contribution in [1.82, 2.24) is 14.9 Å². The van der Waals surface area contributed by atoms with Crippen LogP contribution in [-0.2, 0) is 17.9 Å². The molecule has 0 saturated carbocycles. The lowest BCUT2D eigenvalue weighted by atomic mass is 9.96. The third kappa shape index (κ3) is 3.87. The summed E-state index contributed by atoms with van der Waals surface area (Å²) in [6.45, 7) is 6.81. The van der Waals surface area contributed by atoms with Gasteiger partial charge in [-0.25, -0.2) is 4.98 Å². The van der Waals surface area contributed by atoms with Gasteiger partial charge in [-0.2, -0.15) is 0 Å². The zero-order valence-electron chi connectivity index (χ0n) is 15.7. The molecule has 0 aliphatic heterocycles. The first-order valence-electron chi connectivity index (χ1n) is 8.74. The van der Waals surface area contributed by atoms with Crippen molar-refractivity contribution < 1.29 is 9.53 Å². The Labute approximate surface area is 154 Å². The molecule has 0 saturated heterocycles. The molecule has 3 aromatic rings. The van der Waals surface area contributed by atoms with Gasteiger partial charge in [-0.05, 0) is 29.8 Å². The molecular weight excluding hydrogens is 326 g/mol. The number of imidazole rings is 1. The van der Waals surface area contributed by atoms with Crippen molar-refractivity contribution in [2.45, 2.75) is 33.9 Å². The first kappa shape index (κ1) is 18.0. The number of para-hydroxylation sites is 2. The molecule has 0 aliphatic rings. The van der Waals surface area contributed by atoms with Gasteiger partial charge in [0, 0.05) is 12.0 Å². The minimum atomic E-state index is -0.424. The number of hydrogen-bond acceptors (Lipinski definition) is 3. The summed E-state index contributed by atoms with van der Waals surface area (Å²) in [5, 5.41) is 3.00. The summed E-state index contributed by atoms with van der Waals surface area (Å²) >= 11 is 0. The van der Waals surface area contributed by atoms with E-state index in [1.807, 2.05) is 63.2 Å². The number of carbonyl (C=O) groups is 1. The topological polar surface area (TPSA) is 56.1 Å². The highest BCUT2D eigenvalue weighted by Crippen LogP contribution is 2.20. The third-order valence-corrected chi connectivity index (χ3v) is 4.32. The lowest BCUT2D eigenvalue weighted by Crippen LogP contribution is -2.35. The van der Waals surface area contributed by atoms with Crippen molar-refractivity contribution >= 4 is 16.9 Å². The number of nitrogens with one attached hydrogen (secondary N) is 1. The number of rotatable bonds is 5. The van der Waals surface area contributed by atoms with Gasteiger partial charge in [0.2, 0.25) is 5.91 Å². The van der Waals surface area contributed by atoms with E-state index in [1.54, 1.807) is 7.11 Å². The van der Waals surface area contributed by atoms with Crippen LogP contribution in [0, 0.1) is 5.41 Å². The summed E-state index contributed by atoms with van der Waals surface area (Å²) in [6, 6.07) is 16.0. The van der Waals surface area contributed by atoms with Gasteiger partial charge >= 0.3 is 0 Å². The Morgan fingerprint density at radius 3 is 2.46 bits per heavy atom. The second kappa shape index (κ2) is 7.20. The van der Waals surface area contributed by atoms with Crippen molar-refractivity contribution in [1.29, 1.82) is 0 Å². The molecule has 2 aromatic carbocycles. The average molecular weight is 351 g/mol. The van der Waals surface area contributed by atoms with E-state index in [0.717, 1.165) is 28.2 Å². The molecule has 1 heterocycles. The van der Waals surface area contributed by atoms with E-state index in [4.69, 9.17) is 9.72 Å². The molecule has 1 aromatic heterocycles. The largest absolute Gasteiger partial charge is 0.497 e. The van der Waals surface area contributed by atoms with E-state index in [0.29, 0.717) is 13.1 Å². The molecule has 0 unspecified atom stereocenters. The fraction of sp³-hybridized carbons (Fsp3) is 0.333. The molecule has 5 nitrogen and oxygen atoms in total. The van der Waals surface area contributed by atoms with Crippen LogP contribution in [0.2, 0.25) is 0 Å². The lowest BCUT2D eigenvalue weighted by Gasteiger charge is -2.18. The number of fused-ring (bicyclic) bond motifs is 1. The zero-order valence-corrected chi connectivity index (χ0v) is 15.7. The first-order chi connectivity index (χ1) is 12.4. The Hall–Kier alpha value is -2.82. The molecule has 3 rings (SSSR count). The zero-order chi connectivity index (χ0) is 18.7. The molecule has 136 valence electrons. The summed E-state index contributed by atoms with van der Waals surface area (Å²) in [7, 11) is 1.66. The molecule has 26 heavy (non-hydrogen) atoms. The number of benzene rings is 2. The second-order valence-corrected chi connectivity index (χ2v) is 7.38. The average Bonchev–Trinajstić information content (AvgIpc) is 2.97. The lowest BCUT2D eigenvalue weighted by molar-refractivity contribution is -0.128. The standard InChI is InChI=1S/C21H25N3O2/c1-21(2,3)20(25)22-13-19-23-17-7-5-6-8-18(17)24(19)14-15-9-11-16(26-4)12-10-15/h5-12H,13-14H2,1-4H3,(H,22,25). The number of methoxy groups -OCH3 is 1. The molecule has 1 amide bonds. The fourth-order valence-corrected chi connectivity index (χ4v) is 2.77. The van der Waals surface area contributed by atoms with Crippen molar-refractivity contribution in [3.05, 3.63) is 59.9 Å². The number of nitrogens with zero attached hydrogens (tertiary/aromatic N) is 2. The molecule has 1 N–H and O–H groups in total. The van der Waals surface area contributed by atoms with Gasteiger partial charge in [0.25, 0.3) is 0 Å². The van der Waals surface area contributed by atoms with Crippen LogP contribution in [0.15, 0.2) is 48.5 Å². The smallest absolute Gasteiger partial charge is 0.225 e. The highest BCUT2D eigenvalue weighted by molar-refractivity contribution is 5.81. The number of amides is 1. The Kier molecular flexibility index (Phi) is 4.98. The van der Waals surface area contributed by atoms with Crippen LogP contribution < -0.4 is 10.1 Å². The van der Waals surface area contributed by atoms with Gasteiger partial charge in [0.05, 0.1) is 24.7 Å². The highest BCUT2D eigenvalue weighted by atomic mass is 16.5. The van der Waals surface area contributed by atoms with Gasteiger partial charge in [-0.3, -0.25) is 4.79 Å². The van der Waals surface area contributed by atoms with Crippen LogP contribution in [0.1, 0.15) is 32.2 Å². The molecule has 0 fully saturated rings. The van der Waals surface area contributed by atoms with Crippen LogP contribution in [0.25, 0.3) is 11.0 Å². The van der Waals surface area contributed by atoms with Crippen molar-refractivity contribution in [3.63, 3.8) is 0 Å². The molecule has 0 aliphatic carbocycles. The van der Waals surface area contributed by atoms with E-state index >= 15 is 0 Å².